The lowest BCUT2D eigenvalue weighted by Crippen LogP contribution is -2.26. The summed E-state index contributed by atoms with van der Waals surface area (Å²) in [5, 5.41) is 3.35. The van der Waals surface area contributed by atoms with Gasteiger partial charge in [0.25, 0.3) is 0 Å². The normalized spacial score (nSPS) is 12.6. The van der Waals surface area contributed by atoms with Crippen LogP contribution in [0, 0.1) is 0 Å². The Kier molecular flexibility index (Phi) is 6.77. The van der Waals surface area contributed by atoms with Gasteiger partial charge in [-0.1, -0.05) is 6.07 Å². The lowest BCUT2D eigenvalue weighted by Gasteiger charge is -2.15. The number of aryl methyl sites for hydroxylation is 1. The monoisotopic (exact) mass is 222 g/mol. The van der Waals surface area contributed by atoms with Gasteiger partial charge in [0.2, 0.25) is 0 Å². The predicted molar refractivity (Wildman–Crippen MR) is 66.5 cm³/mol. The van der Waals surface area contributed by atoms with Crippen LogP contribution in [-0.4, -0.2) is 31.8 Å². The molecule has 1 atom stereocenters. The summed E-state index contributed by atoms with van der Waals surface area (Å²) in [5.41, 5.74) is 1.18. The van der Waals surface area contributed by atoms with Gasteiger partial charge in [0.1, 0.15) is 0 Å². The topological polar surface area (TPSA) is 34.1 Å². The van der Waals surface area contributed by atoms with E-state index in [0.29, 0.717) is 6.04 Å². The van der Waals surface area contributed by atoms with E-state index in [0.717, 1.165) is 32.3 Å². The molecule has 0 saturated heterocycles. The molecule has 0 amide bonds. The molecule has 0 aliphatic rings. The molecule has 1 N–H and O–H groups in total. The van der Waals surface area contributed by atoms with E-state index in [1.54, 1.807) is 7.11 Å². The molecular formula is C13H22N2O. The van der Waals surface area contributed by atoms with Crippen molar-refractivity contribution in [3.63, 3.8) is 0 Å². The van der Waals surface area contributed by atoms with Crippen LogP contribution >= 0.6 is 0 Å². The van der Waals surface area contributed by atoms with E-state index in [4.69, 9.17) is 4.74 Å². The van der Waals surface area contributed by atoms with Crippen molar-refractivity contribution in [2.24, 2.45) is 0 Å². The van der Waals surface area contributed by atoms with E-state index in [1.807, 2.05) is 25.4 Å². The van der Waals surface area contributed by atoms with Gasteiger partial charge >= 0.3 is 0 Å². The summed E-state index contributed by atoms with van der Waals surface area (Å²) in [5.74, 6) is 0. The number of hydrogen-bond donors (Lipinski definition) is 1. The summed E-state index contributed by atoms with van der Waals surface area (Å²) >= 11 is 0. The van der Waals surface area contributed by atoms with Crippen molar-refractivity contribution >= 4 is 0 Å². The molecule has 0 aliphatic heterocycles. The van der Waals surface area contributed by atoms with Crippen molar-refractivity contribution in [2.75, 3.05) is 20.8 Å². The van der Waals surface area contributed by atoms with E-state index < -0.39 is 0 Å². The van der Waals surface area contributed by atoms with Crippen molar-refractivity contribution in [1.82, 2.24) is 10.3 Å². The first-order valence-corrected chi connectivity index (χ1v) is 5.93. The van der Waals surface area contributed by atoms with E-state index in [1.165, 1.54) is 5.69 Å². The quantitative estimate of drug-likeness (QED) is 0.683. The van der Waals surface area contributed by atoms with E-state index in [9.17, 15) is 0 Å². The van der Waals surface area contributed by atoms with Crippen LogP contribution in [0.1, 0.15) is 25.0 Å². The van der Waals surface area contributed by atoms with Gasteiger partial charge in [0.05, 0.1) is 0 Å². The highest BCUT2D eigenvalue weighted by molar-refractivity contribution is 5.03. The summed E-state index contributed by atoms with van der Waals surface area (Å²) in [6, 6.07) is 6.65. The maximum atomic E-state index is 5.06. The zero-order valence-electron chi connectivity index (χ0n) is 10.3. The Labute approximate surface area is 98.2 Å². The second-order valence-corrected chi connectivity index (χ2v) is 3.98. The minimum absolute atomic E-state index is 0.567. The van der Waals surface area contributed by atoms with Crippen molar-refractivity contribution in [3.8, 4) is 0 Å². The molecule has 1 unspecified atom stereocenters. The summed E-state index contributed by atoms with van der Waals surface area (Å²) in [7, 11) is 3.78. The standard InChI is InChI=1S/C13H22N2O/c1-14-12(7-5-11-16-2)8-9-13-6-3-4-10-15-13/h3-4,6,10,12,14H,5,7-9,11H2,1-2H3. The molecule has 1 aromatic heterocycles. The number of rotatable bonds is 8. The first-order valence-electron chi connectivity index (χ1n) is 5.93. The molecule has 1 rings (SSSR count). The highest BCUT2D eigenvalue weighted by Gasteiger charge is 2.06. The average Bonchev–Trinajstić information content (AvgIpc) is 2.35. The molecule has 3 heteroatoms. The van der Waals surface area contributed by atoms with Gasteiger partial charge in [0, 0.05) is 31.6 Å². The molecule has 3 nitrogen and oxygen atoms in total. The molecule has 16 heavy (non-hydrogen) atoms. The van der Waals surface area contributed by atoms with Crippen LogP contribution < -0.4 is 5.32 Å². The molecule has 1 heterocycles. The number of nitrogens with one attached hydrogen (secondary N) is 1. The van der Waals surface area contributed by atoms with Gasteiger partial charge in [-0.05, 0) is 44.9 Å². The Hall–Kier alpha value is -0.930. The lowest BCUT2D eigenvalue weighted by atomic mass is 10.0. The molecule has 0 aliphatic carbocycles. The smallest absolute Gasteiger partial charge is 0.0462 e. The van der Waals surface area contributed by atoms with Gasteiger partial charge in [-0.15, -0.1) is 0 Å². The first-order chi connectivity index (χ1) is 7.86. The highest BCUT2D eigenvalue weighted by Crippen LogP contribution is 2.06. The SMILES string of the molecule is CNC(CCCOC)CCc1ccccn1. The third-order valence-corrected chi connectivity index (χ3v) is 2.78. The van der Waals surface area contributed by atoms with Crippen molar-refractivity contribution < 1.29 is 4.74 Å². The van der Waals surface area contributed by atoms with Gasteiger partial charge in [-0.3, -0.25) is 4.98 Å². The van der Waals surface area contributed by atoms with Crippen LogP contribution in [0.2, 0.25) is 0 Å². The molecular weight excluding hydrogens is 200 g/mol. The van der Waals surface area contributed by atoms with Crippen LogP contribution in [-0.2, 0) is 11.2 Å². The zero-order chi connectivity index (χ0) is 11.6. The Morgan fingerprint density at radius 3 is 2.88 bits per heavy atom. The van der Waals surface area contributed by atoms with Crippen LogP contribution in [0.25, 0.3) is 0 Å². The molecule has 0 fully saturated rings. The fraction of sp³-hybridized carbons (Fsp3) is 0.615. The molecule has 0 saturated carbocycles. The lowest BCUT2D eigenvalue weighted by molar-refractivity contribution is 0.188. The summed E-state index contributed by atoms with van der Waals surface area (Å²) < 4.78 is 5.06. The first kappa shape index (κ1) is 13.1. The summed E-state index contributed by atoms with van der Waals surface area (Å²) in [4.78, 5) is 4.33. The minimum atomic E-state index is 0.567. The largest absolute Gasteiger partial charge is 0.385 e. The average molecular weight is 222 g/mol. The van der Waals surface area contributed by atoms with E-state index in [2.05, 4.69) is 16.4 Å². The predicted octanol–water partition coefficient (Wildman–Crippen LogP) is 2.03. The van der Waals surface area contributed by atoms with Crippen LogP contribution in [0.5, 0.6) is 0 Å². The molecule has 0 radical (unpaired) electrons. The van der Waals surface area contributed by atoms with Crippen LogP contribution in [0.3, 0.4) is 0 Å². The van der Waals surface area contributed by atoms with E-state index in [-0.39, 0.29) is 0 Å². The maximum Gasteiger partial charge on any atom is 0.0462 e. The Morgan fingerprint density at radius 2 is 2.25 bits per heavy atom. The second-order valence-electron chi connectivity index (χ2n) is 3.98. The Bertz CT molecular complexity index is 264. The molecule has 0 bridgehead atoms. The number of pyridine rings is 1. The van der Waals surface area contributed by atoms with Crippen molar-refractivity contribution in [3.05, 3.63) is 30.1 Å². The fourth-order valence-electron chi connectivity index (χ4n) is 1.78. The van der Waals surface area contributed by atoms with Crippen LogP contribution in [0.4, 0.5) is 0 Å². The Balaban J connectivity index is 2.23. The number of aromatic nitrogens is 1. The van der Waals surface area contributed by atoms with Gasteiger partial charge < -0.3 is 10.1 Å². The van der Waals surface area contributed by atoms with Crippen LogP contribution in [0.15, 0.2) is 24.4 Å². The van der Waals surface area contributed by atoms with Gasteiger partial charge in [-0.2, -0.15) is 0 Å². The molecule has 90 valence electrons. The summed E-state index contributed by atoms with van der Waals surface area (Å²) in [6.45, 7) is 0.849. The maximum absolute atomic E-state index is 5.06. The molecule has 0 aromatic carbocycles. The third kappa shape index (κ3) is 5.24. The minimum Gasteiger partial charge on any atom is -0.385 e. The number of ether oxygens (including phenoxy) is 1. The Morgan fingerprint density at radius 1 is 1.38 bits per heavy atom. The highest BCUT2D eigenvalue weighted by atomic mass is 16.5. The molecule has 0 spiro atoms. The van der Waals surface area contributed by atoms with Gasteiger partial charge in [-0.25, -0.2) is 0 Å². The van der Waals surface area contributed by atoms with Crippen molar-refractivity contribution in [1.29, 1.82) is 0 Å². The fourth-order valence-corrected chi connectivity index (χ4v) is 1.78. The summed E-state index contributed by atoms with van der Waals surface area (Å²) in [6.07, 6.45) is 6.31. The number of hydrogen-bond acceptors (Lipinski definition) is 3. The zero-order valence-corrected chi connectivity index (χ0v) is 10.3. The van der Waals surface area contributed by atoms with Crippen molar-refractivity contribution in [2.45, 2.75) is 31.7 Å². The molecule has 1 aromatic rings. The van der Waals surface area contributed by atoms with Gasteiger partial charge in [0.15, 0.2) is 0 Å². The number of methoxy groups -OCH3 is 1. The second kappa shape index (κ2) is 8.25. The number of nitrogens with zero attached hydrogens (tertiary/aromatic N) is 1. The van der Waals surface area contributed by atoms with E-state index >= 15 is 0 Å². The third-order valence-electron chi connectivity index (χ3n) is 2.78.